The number of hydrogen-bond donors (Lipinski definition) is 0. The van der Waals surface area contributed by atoms with Gasteiger partial charge in [-0.25, -0.2) is 9.79 Å². The maximum atomic E-state index is 14.3. The second-order valence-corrected chi connectivity index (χ2v) is 12.6. The zero-order valence-corrected chi connectivity index (χ0v) is 27.8. The first-order valence-corrected chi connectivity index (χ1v) is 16.2. The third kappa shape index (κ3) is 6.08. The molecule has 0 aliphatic carbocycles. The van der Waals surface area contributed by atoms with Crippen molar-refractivity contribution >= 4 is 61.7 Å². The molecular weight excluding hydrogens is 676 g/mol. The van der Waals surface area contributed by atoms with Crippen LogP contribution in [0.25, 0.3) is 16.8 Å². The molecule has 0 saturated carbocycles. The summed E-state index contributed by atoms with van der Waals surface area (Å²) in [4.78, 5) is 32.8. The quantitative estimate of drug-likeness (QED) is 0.164. The maximum Gasteiger partial charge on any atom is 0.338 e. The van der Waals surface area contributed by atoms with Crippen molar-refractivity contribution in [1.82, 2.24) is 4.57 Å². The Hall–Kier alpha value is -4.18. The highest BCUT2D eigenvalue weighted by atomic mass is 79.9. The van der Waals surface area contributed by atoms with Crippen LogP contribution in [0.1, 0.15) is 36.6 Å². The fraction of sp³-hybridized carbons (Fsp3) is 0.171. The summed E-state index contributed by atoms with van der Waals surface area (Å²) in [6, 6.07) is 24.1. The van der Waals surface area contributed by atoms with Crippen LogP contribution in [0.5, 0.6) is 11.5 Å². The number of carbonyl (C=O) groups is 1. The van der Waals surface area contributed by atoms with Gasteiger partial charge in [0, 0.05) is 10.6 Å². The minimum absolute atomic E-state index is 0.193. The van der Waals surface area contributed by atoms with Crippen LogP contribution in [0.2, 0.25) is 5.02 Å². The Balaban J connectivity index is 1.53. The third-order valence-corrected chi connectivity index (χ3v) is 9.38. The molecule has 45 heavy (non-hydrogen) atoms. The van der Waals surface area contributed by atoms with E-state index in [0.29, 0.717) is 53.8 Å². The van der Waals surface area contributed by atoms with Gasteiger partial charge in [-0.1, -0.05) is 71.5 Å². The minimum Gasteiger partial charge on any atom is -0.496 e. The second-order valence-electron chi connectivity index (χ2n) is 10.3. The molecule has 4 aromatic carbocycles. The van der Waals surface area contributed by atoms with E-state index >= 15 is 0 Å². The Bertz CT molecular complexity index is 2150. The average Bonchev–Trinajstić information content (AvgIpc) is 3.34. The number of hydrogen-bond acceptors (Lipinski definition) is 7. The predicted octanol–water partition coefficient (Wildman–Crippen LogP) is 6.96. The van der Waals surface area contributed by atoms with Crippen LogP contribution in [0, 0.1) is 0 Å². The monoisotopic (exact) mass is 702 g/mol. The molecule has 0 spiro atoms. The lowest BCUT2D eigenvalue weighted by molar-refractivity contribution is -0.139. The van der Waals surface area contributed by atoms with Crippen LogP contribution in [-0.4, -0.2) is 24.3 Å². The molecule has 1 atom stereocenters. The number of allylic oxidation sites excluding steroid dienone is 1. The number of rotatable bonds is 8. The molecule has 1 aromatic heterocycles. The molecule has 1 aliphatic heterocycles. The normalized spacial score (nSPS) is 14.7. The van der Waals surface area contributed by atoms with Gasteiger partial charge in [-0.2, -0.15) is 0 Å². The summed E-state index contributed by atoms with van der Waals surface area (Å²) >= 11 is 10.9. The number of benzene rings is 4. The van der Waals surface area contributed by atoms with Crippen molar-refractivity contribution < 1.29 is 19.0 Å². The van der Waals surface area contributed by atoms with Crippen LogP contribution in [0.4, 0.5) is 0 Å². The molecule has 0 radical (unpaired) electrons. The van der Waals surface area contributed by atoms with E-state index in [4.69, 9.17) is 30.8 Å². The Kier molecular flexibility index (Phi) is 8.94. The maximum absolute atomic E-state index is 14.3. The Morgan fingerprint density at radius 3 is 2.56 bits per heavy atom. The molecular formula is C35H28BrClN2O5S. The van der Waals surface area contributed by atoms with Crippen molar-refractivity contribution in [3.05, 3.63) is 136 Å². The van der Waals surface area contributed by atoms with Crippen LogP contribution in [0.15, 0.2) is 104 Å². The number of aromatic nitrogens is 1. The van der Waals surface area contributed by atoms with Crippen molar-refractivity contribution in [1.29, 1.82) is 0 Å². The number of methoxy groups -OCH3 is 1. The standard InChI is InChI=1S/C35H28BrClN2O5S/c1-4-43-34(41)31-20(2)38-35-39(32(31)23-12-16-29(42-3)27(36)17-23)33(40)30(45-35)18-26-25-8-6-5-7-22(25)11-15-28(26)44-19-21-9-13-24(37)14-10-21/h5-18,32H,4,19H2,1-3H3/b30-18+/t32-/m0/s1. The average molecular weight is 704 g/mol. The lowest BCUT2D eigenvalue weighted by Gasteiger charge is -2.25. The molecule has 2 heterocycles. The Morgan fingerprint density at radius 1 is 1.07 bits per heavy atom. The fourth-order valence-electron chi connectivity index (χ4n) is 5.38. The molecule has 0 fully saturated rings. The molecule has 0 bridgehead atoms. The van der Waals surface area contributed by atoms with Gasteiger partial charge in [-0.3, -0.25) is 9.36 Å². The SMILES string of the molecule is CCOC(=O)C1=C(C)N=c2s/c(=C/c3c(OCc4ccc(Cl)cc4)ccc4ccccc34)c(=O)n2[C@H]1c1ccc(OC)c(Br)c1. The van der Waals surface area contributed by atoms with Crippen molar-refractivity contribution in [3.63, 3.8) is 0 Å². The smallest absolute Gasteiger partial charge is 0.338 e. The van der Waals surface area contributed by atoms with Gasteiger partial charge in [0.05, 0.1) is 40.0 Å². The largest absolute Gasteiger partial charge is 0.496 e. The van der Waals surface area contributed by atoms with Gasteiger partial charge in [0.25, 0.3) is 5.56 Å². The Morgan fingerprint density at radius 2 is 1.82 bits per heavy atom. The lowest BCUT2D eigenvalue weighted by atomic mass is 9.96. The number of ether oxygens (including phenoxy) is 3. The molecule has 228 valence electrons. The van der Waals surface area contributed by atoms with Gasteiger partial charge < -0.3 is 14.2 Å². The van der Waals surface area contributed by atoms with E-state index in [-0.39, 0.29) is 12.2 Å². The summed E-state index contributed by atoms with van der Waals surface area (Å²) in [5.41, 5.74) is 2.98. The van der Waals surface area contributed by atoms with E-state index in [1.165, 1.54) is 11.3 Å². The summed E-state index contributed by atoms with van der Waals surface area (Å²) in [5.74, 6) is 0.747. The van der Waals surface area contributed by atoms with Crippen LogP contribution in [-0.2, 0) is 16.1 Å². The lowest BCUT2D eigenvalue weighted by Crippen LogP contribution is -2.40. The number of thiazole rings is 1. The summed E-state index contributed by atoms with van der Waals surface area (Å²) in [7, 11) is 1.58. The minimum atomic E-state index is -0.752. The first kappa shape index (κ1) is 30.8. The number of halogens is 2. The van der Waals surface area contributed by atoms with E-state index in [0.717, 1.165) is 21.9 Å². The second kappa shape index (κ2) is 13.0. The van der Waals surface area contributed by atoms with Gasteiger partial charge in [-0.05, 0) is 88.1 Å². The van der Waals surface area contributed by atoms with E-state index in [9.17, 15) is 9.59 Å². The fourth-order valence-corrected chi connectivity index (χ4v) is 7.10. The van der Waals surface area contributed by atoms with Gasteiger partial charge in [0.15, 0.2) is 4.80 Å². The first-order valence-electron chi connectivity index (χ1n) is 14.2. The molecule has 0 saturated heterocycles. The molecule has 7 nitrogen and oxygen atoms in total. The molecule has 5 aromatic rings. The van der Waals surface area contributed by atoms with Crippen molar-refractivity contribution in [2.75, 3.05) is 13.7 Å². The van der Waals surface area contributed by atoms with Crippen molar-refractivity contribution in [2.45, 2.75) is 26.5 Å². The van der Waals surface area contributed by atoms with Gasteiger partial charge in [0.2, 0.25) is 0 Å². The Labute approximate surface area is 276 Å². The van der Waals surface area contributed by atoms with E-state index in [1.807, 2.05) is 78.9 Å². The number of carbonyl (C=O) groups excluding carboxylic acids is 1. The van der Waals surface area contributed by atoms with Crippen LogP contribution >= 0.6 is 38.9 Å². The molecule has 0 N–H and O–H groups in total. The molecule has 0 unspecified atom stereocenters. The molecule has 10 heteroatoms. The highest BCUT2D eigenvalue weighted by Gasteiger charge is 2.33. The highest BCUT2D eigenvalue weighted by Crippen LogP contribution is 2.35. The van der Waals surface area contributed by atoms with E-state index < -0.39 is 12.0 Å². The zero-order chi connectivity index (χ0) is 31.7. The zero-order valence-electron chi connectivity index (χ0n) is 24.7. The summed E-state index contributed by atoms with van der Waals surface area (Å²) in [6.45, 7) is 4.03. The van der Waals surface area contributed by atoms with Gasteiger partial charge >= 0.3 is 5.97 Å². The molecule has 0 amide bonds. The van der Waals surface area contributed by atoms with Gasteiger partial charge in [0.1, 0.15) is 18.1 Å². The van der Waals surface area contributed by atoms with Gasteiger partial charge in [-0.15, -0.1) is 0 Å². The first-order chi connectivity index (χ1) is 21.8. The predicted molar refractivity (Wildman–Crippen MR) is 181 cm³/mol. The van der Waals surface area contributed by atoms with Crippen molar-refractivity contribution in [2.24, 2.45) is 4.99 Å². The van der Waals surface area contributed by atoms with E-state index in [2.05, 4.69) is 15.9 Å². The summed E-state index contributed by atoms with van der Waals surface area (Å²) in [5, 5.41) is 2.61. The number of nitrogens with zero attached hydrogens (tertiary/aromatic N) is 2. The topological polar surface area (TPSA) is 79.1 Å². The van der Waals surface area contributed by atoms with E-state index in [1.54, 1.807) is 31.6 Å². The number of fused-ring (bicyclic) bond motifs is 2. The molecule has 6 rings (SSSR count). The van der Waals surface area contributed by atoms with Crippen LogP contribution < -0.4 is 24.4 Å². The summed E-state index contributed by atoms with van der Waals surface area (Å²) in [6.07, 6.45) is 1.85. The highest BCUT2D eigenvalue weighted by molar-refractivity contribution is 9.10. The van der Waals surface area contributed by atoms with Crippen LogP contribution in [0.3, 0.4) is 0 Å². The molecule has 1 aliphatic rings. The van der Waals surface area contributed by atoms with Crippen molar-refractivity contribution in [3.8, 4) is 11.5 Å². The third-order valence-electron chi connectivity index (χ3n) is 7.52. The number of esters is 1. The summed E-state index contributed by atoms with van der Waals surface area (Å²) < 4.78 is 19.9.